The summed E-state index contributed by atoms with van der Waals surface area (Å²) in [6.45, 7) is 1.95. The second-order valence-electron chi connectivity index (χ2n) is 7.10. The molecule has 0 unspecified atom stereocenters. The van der Waals surface area contributed by atoms with Gasteiger partial charge in [-0.25, -0.2) is 12.8 Å². The normalized spacial score (nSPS) is 24.0. The first-order chi connectivity index (χ1) is 11.6. The van der Waals surface area contributed by atoms with E-state index in [1.165, 1.54) is 0 Å². The Morgan fingerprint density at radius 1 is 1.20 bits per heavy atom. The van der Waals surface area contributed by atoms with Gasteiger partial charge in [-0.05, 0) is 38.4 Å². The molecule has 0 bridgehead atoms. The summed E-state index contributed by atoms with van der Waals surface area (Å²) in [5, 5.41) is 0. The lowest BCUT2D eigenvalue weighted by atomic mass is 9.81. The zero-order chi connectivity index (χ0) is 18.3. The molecule has 2 aliphatic heterocycles. The van der Waals surface area contributed by atoms with Crippen LogP contribution >= 0.6 is 0 Å². The van der Waals surface area contributed by atoms with Crippen molar-refractivity contribution in [2.45, 2.75) is 31.6 Å². The highest BCUT2D eigenvalue weighted by Gasteiger charge is 2.49. The van der Waals surface area contributed by atoms with Crippen LogP contribution in [0.5, 0.6) is 0 Å². The third-order valence-corrected chi connectivity index (χ3v) is 7.21. The Balaban J connectivity index is 1.46. The number of nitrogens with zero attached hydrogens (tertiary/aromatic N) is 2. The standard InChI is InChI=1S/C16H20F4N2O2S/c17-13(12-1-2-14(21-9-12)16(18,19)20)3-6-22-7-4-15(5-8-22)10-25(23,24)11-15/h1-2,9,13H,3-8,10-11H2/t13-/m1/s1. The van der Waals surface area contributed by atoms with Crippen molar-refractivity contribution in [3.05, 3.63) is 29.6 Å². The first-order valence-corrected chi connectivity index (χ1v) is 10.0. The van der Waals surface area contributed by atoms with Crippen LogP contribution in [0.25, 0.3) is 0 Å². The molecule has 1 spiro atoms. The van der Waals surface area contributed by atoms with Gasteiger partial charge in [0.2, 0.25) is 0 Å². The molecule has 2 fully saturated rings. The van der Waals surface area contributed by atoms with Gasteiger partial charge in [-0.3, -0.25) is 4.98 Å². The second kappa shape index (κ2) is 6.50. The van der Waals surface area contributed by atoms with E-state index in [1.54, 1.807) is 0 Å². The zero-order valence-electron chi connectivity index (χ0n) is 13.6. The van der Waals surface area contributed by atoms with Gasteiger partial charge in [-0.15, -0.1) is 0 Å². The van der Waals surface area contributed by atoms with Crippen molar-refractivity contribution in [2.75, 3.05) is 31.1 Å². The predicted octanol–water partition coefficient (Wildman–Crippen LogP) is 3.01. The molecule has 1 atom stereocenters. The van der Waals surface area contributed by atoms with E-state index in [9.17, 15) is 26.0 Å². The molecule has 2 aliphatic rings. The zero-order valence-corrected chi connectivity index (χ0v) is 14.4. The number of sulfone groups is 1. The summed E-state index contributed by atoms with van der Waals surface area (Å²) in [6.07, 6.45) is -3.18. The van der Waals surface area contributed by atoms with E-state index in [4.69, 9.17) is 0 Å². The fraction of sp³-hybridized carbons (Fsp3) is 0.688. The largest absolute Gasteiger partial charge is 0.433 e. The number of aromatic nitrogens is 1. The highest BCUT2D eigenvalue weighted by atomic mass is 32.2. The van der Waals surface area contributed by atoms with Crippen molar-refractivity contribution in [2.24, 2.45) is 5.41 Å². The highest BCUT2D eigenvalue weighted by Crippen LogP contribution is 2.42. The van der Waals surface area contributed by atoms with Crippen molar-refractivity contribution >= 4 is 9.84 Å². The average molecular weight is 380 g/mol. The Labute approximate surface area is 144 Å². The highest BCUT2D eigenvalue weighted by molar-refractivity contribution is 7.92. The maximum Gasteiger partial charge on any atom is 0.433 e. The molecule has 0 aromatic carbocycles. The van der Waals surface area contributed by atoms with Crippen molar-refractivity contribution in [3.63, 3.8) is 0 Å². The van der Waals surface area contributed by atoms with Crippen LogP contribution in [0, 0.1) is 5.41 Å². The van der Waals surface area contributed by atoms with Gasteiger partial charge in [0.05, 0.1) is 11.5 Å². The molecule has 25 heavy (non-hydrogen) atoms. The lowest BCUT2D eigenvalue weighted by molar-refractivity contribution is -0.141. The molecule has 1 aromatic heterocycles. The number of hydrogen-bond donors (Lipinski definition) is 0. The molecule has 0 N–H and O–H groups in total. The van der Waals surface area contributed by atoms with Crippen LogP contribution in [0.15, 0.2) is 18.3 Å². The van der Waals surface area contributed by atoms with Crippen LogP contribution in [0.3, 0.4) is 0 Å². The molecule has 9 heteroatoms. The minimum atomic E-state index is -4.52. The Morgan fingerprint density at radius 3 is 2.32 bits per heavy atom. The Morgan fingerprint density at radius 2 is 1.84 bits per heavy atom. The minimum Gasteiger partial charge on any atom is -0.303 e. The number of hydrogen-bond acceptors (Lipinski definition) is 4. The first kappa shape index (κ1) is 18.6. The third-order valence-electron chi connectivity index (χ3n) is 5.11. The van der Waals surface area contributed by atoms with Crippen LogP contribution in [0.4, 0.5) is 17.6 Å². The topological polar surface area (TPSA) is 50.3 Å². The summed E-state index contributed by atoms with van der Waals surface area (Å²) in [5.74, 6) is 0.521. The fourth-order valence-electron chi connectivity index (χ4n) is 3.65. The molecule has 1 aromatic rings. The number of piperidine rings is 1. The number of pyridine rings is 1. The van der Waals surface area contributed by atoms with E-state index < -0.39 is 27.9 Å². The maximum atomic E-state index is 14.2. The Bertz CT molecular complexity index is 697. The summed E-state index contributed by atoms with van der Waals surface area (Å²) in [4.78, 5) is 5.37. The van der Waals surface area contributed by atoms with Crippen LogP contribution in [-0.2, 0) is 16.0 Å². The lowest BCUT2D eigenvalue weighted by Gasteiger charge is -2.47. The Hall–Kier alpha value is -1.22. The third kappa shape index (κ3) is 4.31. The van der Waals surface area contributed by atoms with Crippen LogP contribution in [0.2, 0.25) is 0 Å². The molecular weight excluding hydrogens is 360 g/mol. The number of alkyl halides is 4. The van der Waals surface area contributed by atoms with Gasteiger partial charge in [0.25, 0.3) is 0 Å². The smallest absolute Gasteiger partial charge is 0.303 e. The number of halogens is 4. The molecule has 2 saturated heterocycles. The van der Waals surface area contributed by atoms with Crippen molar-refractivity contribution in [1.29, 1.82) is 0 Å². The van der Waals surface area contributed by atoms with Gasteiger partial charge in [-0.2, -0.15) is 13.2 Å². The van der Waals surface area contributed by atoms with E-state index in [0.717, 1.165) is 44.3 Å². The summed E-state index contributed by atoms with van der Waals surface area (Å²) >= 11 is 0. The van der Waals surface area contributed by atoms with Crippen molar-refractivity contribution in [3.8, 4) is 0 Å². The molecule has 3 rings (SSSR count). The van der Waals surface area contributed by atoms with E-state index in [2.05, 4.69) is 9.88 Å². The van der Waals surface area contributed by atoms with Gasteiger partial charge in [-0.1, -0.05) is 6.07 Å². The van der Waals surface area contributed by atoms with Crippen molar-refractivity contribution < 1.29 is 26.0 Å². The monoisotopic (exact) mass is 380 g/mol. The molecular formula is C16H20F4N2O2S. The number of likely N-dealkylation sites (tertiary alicyclic amines) is 1. The Kier molecular flexibility index (Phi) is 4.83. The summed E-state index contributed by atoms with van der Waals surface area (Å²) in [5.41, 5.74) is -0.964. The SMILES string of the molecule is O=S1(=O)CC2(CCN(CC[C@@H](F)c3ccc(C(F)(F)F)nc3)CC2)C1. The fourth-order valence-corrected chi connectivity index (χ4v) is 6.01. The first-order valence-electron chi connectivity index (χ1n) is 8.19. The van der Waals surface area contributed by atoms with E-state index >= 15 is 0 Å². The molecule has 0 saturated carbocycles. The van der Waals surface area contributed by atoms with E-state index in [1.807, 2.05) is 0 Å². The molecule has 0 amide bonds. The molecule has 4 nitrogen and oxygen atoms in total. The summed E-state index contributed by atoms with van der Waals surface area (Å²) < 4.78 is 74.3. The van der Waals surface area contributed by atoms with Crippen molar-refractivity contribution in [1.82, 2.24) is 9.88 Å². The van der Waals surface area contributed by atoms with Gasteiger partial charge >= 0.3 is 6.18 Å². The van der Waals surface area contributed by atoms with Crippen LogP contribution in [0.1, 0.15) is 36.7 Å². The summed E-state index contributed by atoms with van der Waals surface area (Å²) in [7, 11) is -2.85. The number of rotatable bonds is 4. The predicted molar refractivity (Wildman–Crippen MR) is 84.5 cm³/mol. The quantitative estimate of drug-likeness (QED) is 0.754. The van der Waals surface area contributed by atoms with Crippen LogP contribution < -0.4 is 0 Å². The van der Waals surface area contributed by atoms with Gasteiger partial charge < -0.3 is 4.90 Å². The van der Waals surface area contributed by atoms with Gasteiger partial charge in [0.1, 0.15) is 11.9 Å². The maximum absolute atomic E-state index is 14.2. The average Bonchev–Trinajstić information content (AvgIpc) is 2.51. The molecule has 3 heterocycles. The second-order valence-corrected chi connectivity index (χ2v) is 9.17. The van der Waals surface area contributed by atoms with E-state index in [-0.39, 0.29) is 28.9 Å². The summed E-state index contributed by atoms with van der Waals surface area (Å²) in [6, 6.07) is 1.93. The van der Waals surface area contributed by atoms with Crippen LogP contribution in [-0.4, -0.2) is 49.4 Å². The molecule has 140 valence electrons. The van der Waals surface area contributed by atoms with E-state index in [0.29, 0.717) is 6.54 Å². The minimum absolute atomic E-state index is 0.0816. The lowest BCUT2D eigenvalue weighted by Crippen LogP contribution is -2.54. The molecule has 0 radical (unpaired) electrons. The molecule has 0 aliphatic carbocycles. The van der Waals surface area contributed by atoms with Gasteiger partial charge in [0, 0.05) is 23.7 Å². The van der Waals surface area contributed by atoms with Gasteiger partial charge in [0.15, 0.2) is 9.84 Å².